The average Bonchev–Trinajstić information content (AvgIpc) is 3.17. The van der Waals surface area contributed by atoms with Crippen molar-refractivity contribution in [1.82, 2.24) is 14.5 Å². The molecule has 1 aromatic carbocycles. The third-order valence-electron chi connectivity index (χ3n) is 4.67. The first-order valence-corrected chi connectivity index (χ1v) is 12.0. The van der Waals surface area contributed by atoms with E-state index in [0.29, 0.717) is 34.8 Å². The highest BCUT2D eigenvalue weighted by Crippen LogP contribution is 2.28. The number of fused-ring (bicyclic) bond motifs is 1. The quantitative estimate of drug-likeness (QED) is 0.298. The molecule has 0 aliphatic carbocycles. The van der Waals surface area contributed by atoms with Crippen molar-refractivity contribution in [2.45, 2.75) is 69.3 Å². The number of benzene rings is 1. The normalized spacial score (nSPS) is 11.8. The van der Waals surface area contributed by atoms with Gasteiger partial charge in [-0.25, -0.2) is 9.97 Å². The van der Waals surface area contributed by atoms with E-state index in [0.717, 1.165) is 30.0 Å². The lowest BCUT2D eigenvalue weighted by Crippen LogP contribution is -2.23. The molecule has 0 unspecified atom stereocenters. The molecule has 0 bridgehead atoms. The summed E-state index contributed by atoms with van der Waals surface area (Å²) in [6, 6.07) is 7.45. The Bertz CT molecular complexity index is 1080. The van der Waals surface area contributed by atoms with Crippen LogP contribution in [0.1, 0.15) is 57.2 Å². The fraction of sp³-hybridized carbons (Fsp3) is 0.455. The fourth-order valence-electron chi connectivity index (χ4n) is 3.06. The Hall–Kier alpha value is -2.19. The third-order valence-corrected chi connectivity index (χ3v) is 7.00. The van der Waals surface area contributed by atoms with E-state index >= 15 is 0 Å². The molecule has 3 aromatic rings. The van der Waals surface area contributed by atoms with Gasteiger partial charge in [0.1, 0.15) is 0 Å². The second kappa shape index (κ2) is 9.75. The number of para-hydroxylation sites is 1. The lowest BCUT2D eigenvalue weighted by Gasteiger charge is -2.14. The number of hydrogen-bond donors (Lipinski definition) is 1. The van der Waals surface area contributed by atoms with Crippen LogP contribution in [0.15, 0.2) is 39.6 Å². The van der Waals surface area contributed by atoms with Gasteiger partial charge < -0.3 is 5.73 Å². The molecule has 0 radical (unpaired) electrons. The lowest BCUT2D eigenvalue weighted by molar-refractivity contribution is -0.118. The molecule has 0 saturated heterocycles. The topological polar surface area (TPSA) is 90.9 Å². The summed E-state index contributed by atoms with van der Waals surface area (Å²) in [6.07, 6.45) is 2.76. The van der Waals surface area contributed by atoms with Crippen molar-refractivity contribution in [3.8, 4) is 0 Å². The molecule has 8 heteroatoms. The Kier molecular flexibility index (Phi) is 7.31. The number of aromatic nitrogens is 3. The molecule has 0 aliphatic heterocycles. The zero-order chi connectivity index (χ0) is 21.7. The van der Waals surface area contributed by atoms with Crippen molar-refractivity contribution < 1.29 is 4.79 Å². The number of thiazole rings is 1. The number of hydrogen-bond acceptors (Lipinski definition) is 6. The Morgan fingerprint density at radius 1 is 1.17 bits per heavy atom. The summed E-state index contributed by atoms with van der Waals surface area (Å²) in [5.41, 5.74) is 6.93. The average molecular weight is 445 g/mol. The van der Waals surface area contributed by atoms with Crippen LogP contribution < -0.4 is 11.3 Å². The number of carbonyl (C=O) groups is 1. The van der Waals surface area contributed by atoms with Gasteiger partial charge in [0, 0.05) is 29.5 Å². The number of carbonyl (C=O) groups excluding carboxylic acids is 1. The number of nitrogens with two attached hydrogens (primary N) is 1. The van der Waals surface area contributed by atoms with Gasteiger partial charge >= 0.3 is 0 Å². The largest absolute Gasteiger partial charge is 0.370 e. The van der Waals surface area contributed by atoms with Gasteiger partial charge in [-0.15, -0.1) is 11.3 Å². The number of nitrogens with zero attached hydrogens (tertiary/aromatic N) is 3. The van der Waals surface area contributed by atoms with Gasteiger partial charge in [-0.2, -0.15) is 0 Å². The standard InChI is InChI=1S/C22H28N4O2S2/c1-22(2,3)20-24-15(13-29-20)14-30-21-25-17-10-7-6-9-16(17)19(28)26(21)12-8-4-5-11-18(23)27/h6-7,9-10,13H,4-5,8,11-12,14H2,1-3H3,(H2,23,27). The van der Waals surface area contributed by atoms with E-state index in [1.807, 2.05) is 24.3 Å². The highest BCUT2D eigenvalue weighted by molar-refractivity contribution is 7.98. The molecular weight excluding hydrogens is 416 g/mol. The first-order valence-electron chi connectivity index (χ1n) is 10.1. The van der Waals surface area contributed by atoms with Crippen molar-refractivity contribution in [1.29, 1.82) is 0 Å². The van der Waals surface area contributed by atoms with Crippen LogP contribution in [-0.4, -0.2) is 20.4 Å². The van der Waals surface area contributed by atoms with E-state index in [9.17, 15) is 9.59 Å². The van der Waals surface area contributed by atoms with Crippen molar-refractivity contribution >= 4 is 39.9 Å². The zero-order valence-corrected chi connectivity index (χ0v) is 19.3. The number of unbranched alkanes of at least 4 members (excludes halogenated alkanes) is 2. The molecule has 6 nitrogen and oxygen atoms in total. The number of rotatable bonds is 9. The molecule has 2 heterocycles. The van der Waals surface area contributed by atoms with Crippen LogP contribution in [0.5, 0.6) is 0 Å². The van der Waals surface area contributed by atoms with Crippen molar-refractivity contribution in [2.75, 3.05) is 0 Å². The van der Waals surface area contributed by atoms with Crippen molar-refractivity contribution in [2.24, 2.45) is 5.73 Å². The van der Waals surface area contributed by atoms with Crippen LogP contribution in [0.3, 0.4) is 0 Å². The van der Waals surface area contributed by atoms with E-state index in [4.69, 9.17) is 15.7 Å². The summed E-state index contributed by atoms with van der Waals surface area (Å²) in [4.78, 5) is 33.5. The minimum Gasteiger partial charge on any atom is -0.370 e. The van der Waals surface area contributed by atoms with Gasteiger partial charge in [0.2, 0.25) is 5.91 Å². The van der Waals surface area contributed by atoms with E-state index in [1.54, 1.807) is 27.7 Å². The second-order valence-corrected chi connectivity index (χ2v) is 10.1. The van der Waals surface area contributed by atoms with E-state index in [2.05, 4.69) is 26.2 Å². The van der Waals surface area contributed by atoms with Crippen LogP contribution in [0, 0.1) is 0 Å². The minimum atomic E-state index is -0.284. The summed E-state index contributed by atoms with van der Waals surface area (Å²) in [5.74, 6) is 0.382. The molecule has 30 heavy (non-hydrogen) atoms. The maximum atomic E-state index is 13.1. The van der Waals surface area contributed by atoms with Crippen molar-refractivity contribution in [3.05, 3.63) is 50.7 Å². The van der Waals surface area contributed by atoms with Crippen LogP contribution >= 0.6 is 23.1 Å². The first kappa shape index (κ1) is 22.5. The van der Waals surface area contributed by atoms with Gasteiger partial charge in [-0.05, 0) is 25.0 Å². The summed E-state index contributed by atoms with van der Waals surface area (Å²) in [6.45, 7) is 7.04. The summed E-state index contributed by atoms with van der Waals surface area (Å²) in [7, 11) is 0. The lowest BCUT2D eigenvalue weighted by atomic mass is 9.98. The highest BCUT2D eigenvalue weighted by atomic mass is 32.2. The van der Waals surface area contributed by atoms with Crippen LogP contribution in [0.2, 0.25) is 0 Å². The van der Waals surface area contributed by atoms with E-state index < -0.39 is 0 Å². The number of thioether (sulfide) groups is 1. The van der Waals surface area contributed by atoms with Gasteiger partial charge in [0.15, 0.2) is 5.16 Å². The first-order chi connectivity index (χ1) is 14.3. The molecule has 0 aliphatic rings. The SMILES string of the molecule is CC(C)(C)c1nc(CSc2nc3ccccc3c(=O)n2CCCCCC(N)=O)cs1. The summed E-state index contributed by atoms with van der Waals surface area (Å²) in [5, 5.41) is 4.53. The fourth-order valence-corrected chi connectivity index (χ4v) is 4.99. The molecule has 160 valence electrons. The summed E-state index contributed by atoms with van der Waals surface area (Å²) < 4.78 is 1.76. The third kappa shape index (κ3) is 5.70. The smallest absolute Gasteiger partial charge is 0.262 e. The molecule has 0 fully saturated rings. The Morgan fingerprint density at radius 2 is 1.93 bits per heavy atom. The number of primary amides is 1. The van der Waals surface area contributed by atoms with Crippen molar-refractivity contribution in [3.63, 3.8) is 0 Å². The van der Waals surface area contributed by atoms with Crippen LogP contribution in [0.25, 0.3) is 10.9 Å². The maximum Gasteiger partial charge on any atom is 0.262 e. The molecular formula is C22H28N4O2S2. The van der Waals surface area contributed by atoms with Gasteiger partial charge in [0.05, 0.1) is 21.6 Å². The molecule has 0 spiro atoms. The molecule has 3 rings (SSSR count). The van der Waals surface area contributed by atoms with Crippen LogP contribution in [-0.2, 0) is 22.5 Å². The Morgan fingerprint density at radius 3 is 2.63 bits per heavy atom. The van der Waals surface area contributed by atoms with Gasteiger partial charge in [0.25, 0.3) is 5.56 Å². The monoisotopic (exact) mass is 444 g/mol. The number of amides is 1. The molecule has 2 aromatic heterocycles. The van der Waals surface area contributed by atoms with E-state index in [1.165, 1.54) is 0 Å². The maximum absolute atomic E-state index is 13.1. The Balaban J connectivity index is 1.80. The van der Waals surface area contributed by atoms with E-state index in [-0.39, 0.29) is 16.9 Å². The van der Waals surface area contributed by atoms with Gasteiger partial charge in [-0.1, -0.05) is 51.1 Å². The van der Waals surface area contributed by atoms with Crippen LogP contribution in [0.4, 0.5) is 0 Å². The predicted molar refractivity (Wildman–Crippen MR) is 124 cm³/mol. The Labute approximate surface area is 184 Å². The second-order valence-electron chi connectivity index (χ2n) is 8.33. The zero-order valence-electron chi connectivity index (χ0n) is 17.7. The van der Waals surface area contributed by atoms with Gasteiger partial charge in [-0.3, -0.25) is 14.2 Å². The summed E-state index contributed by atoms with van der Waals surface area (Å²) >= 11 is 3.22. The molecule has 1 amide bonds. The molecule has 0 atom stereocenters. The minimum absolute atomic E-state index is 0.0216. The highest BCUT2D eigenvalue weighted by Gasteiger charge is 2.18. The molecule has 0 saturated carbocycles. The molecule has 2 N–H and O–H groups in total. The predicted octanol–water partition coefficient (Wildman–Crippen LogP) is 4.49.